The van der Waals surface area contributed by atoms with Crippen LogP contribution in [0.4, 0.5) is 10.5 Å². The van der Waals surface area contributed by atoms with Gasteiger partial charge in [-0.1, -0.05) is 42.1 Å². The van der Waals surface area contributed by atoms with Crippen LogP contribution in [0.15, 0.2) is 64.3 Å². The molecule has 0 bridgehead atoms. The number of thiazole rings is 1. The van der Waals surface area contributed by atoms with Crippen molar-refractivity contribution in [2.75, 3.05) is 18.4 Å². The predicted octanol–water partition coefficient (Wildman–Crippen LogP) is 5.17. The monoisotopic (exact) mass is 466 g/mol. The van der Waals surface area contributed by atoms with Crippen LogP contribution in [0.1, 0.15) is 34.5 Å². The molecule has 1 fully saturated rings. The zero-order valence-electron chi connectivity index (χ0n) is 17.9. The van der Waals surface area contributed by atoms with Gasteiger partial charge in [0.1, 0.15) is 4.34 Å². The number of hydrogen-bond acceptors (Lipinski definition) is 5. The number of nitrogens with zero attached hydrogens (tertiary/aromatic N) is 2. The van der Waals surface area contributed by atoms with E-state index >= 15 is 0 Å². The summed E-state index contributed by atoms with van der Waals surface area (Å²) in [5, 5.41) is 8.08. The van der Waals surface area contributed by atoms with Gasteiger partial charge in [-0.05, 0) is 49.6 Å². The number of likely N-dealkylation sites (tertiary alicyclic amines) is 1. The highest BCUT2D eigenvalue weighted by molar-refractivity contribution is 8.00. The Hall–Kier alpha value is -2.84. The van der Waals surface area contributed by atoms with Crippen LogP contribution < -0.4 is 10.6 Å². The van der Waals surface area contributed by atoms with Gasteiger partial charge in [0.2, 0.25) is 0 Å². The molecular weight excluding hydrogens is 440 g/mol. The second kappa shape index (κ2) is 10.7. The Morgan fingerprint density at radius 3 is 2.47 bits per heavy atom. The van der Waals surface area contributed by atoms with Gasteiger partial charge in [0, 0.05) is 47.2 Å². The number of hydrogen-bond donors (Lipinski definition) is 2. The maximum atomic E-state index is 12.6. The smallest absolute Gasteiger partial charge is 0.321 e. The molecule has 0 saturated carbocycles. The molecule has 1 aliphatic heterocycles. The molecule has 4 rings (SSSR count). The number of aryl methyl sites for hydroxylation is 1. The van der Waals surface area contributed by atoms with Gasteiger partial charge in [-0.2, -0.15) is 0 Å². The summed E-state index contributed by atoms with van der Waals surface area (Å²) in [7, 11) is 0. The van der Waals surface area contributed by atoms with Crippen molar-refractivity contribution in [3.05, 3.63) is 76.8 Å². The maximum Gasteiger partial charge on any atom is 0.321 e. The van der Waals surface area contributed by atoms with Crippen LogP contribution in [-0.4, -0.2) is 41.0 Å². The third kappa shape index (κ3) is 6.11. The zero-order valence-corrected chi connectivity index (χ0v) is 19.5. The van der Waals surface area contributed by atoms with E-state index < -0.39 is 0 Å². The van der Waals surface area contributed by atoms with E-state index in [0.717, 1.165) is 39.9 Å². The van der Waals surface area contributed by atoms with Crippen molar-refractivity contribution in [3.8, 4) is 0 Å². The fraction of sp³-hybridized carbons (Fsp3) is 0.292. The molecule has 3 aromatic rings. The van der Waals surface area contributed by atoms with Crippen molar-refractivity contribution in [1.29, 1.82) is 0 Å². The molecule has 166 valence electrons. The minimum absolute atomic E-state index is 0.0630. The van der Waals surface area contributed by atoms with Gasteiger partial charge in [-0.3, -0.25) is 4.79 Å². The second-order valence-electron chi connectivity index (χ2n) is 7.77. The molecule has 1 aliphatic rings. The van der Waals surface area contributed by atoms with Crippen LogP contribution in [0, 0.1) is 6.92 Å². The van der Waals surface area contributed by atoms with Crippen LogP contribution >= 0.6 is 23.1 Å². The molecular formula is C24H26N4O2S2. The van der Waals surface area contributed by atoms with Crippen LogP contribution in [-0.2, 0) is 5.75 Å². The lowest BCUT2D eigenvalue weighted by atomic mass is 10.0. The average molecular weight is 467 g/mol. The molecule has 0 aliphatic carbocycles. The summed E-state index contributed by atoms with van der Waals surface area (Å²) < 4.78 is 1.06. The quantitative estimate of drug-likeness (QED) is 0.492. The van der Waals surface area contributed by atoms with Crippen LogP contribution in [0.3, 0.4) is 0 Å². The van der Waals surface area contributed by atoms with E-state index in [1.165, 1.54) is 0 Å². The summed E-state index contributed by atoms with van der Waals surface area (Å²) in [4.78, 5) is 31.3. The number of carbonyl (C=O) groups is 2. The molecule has 8 heteroatoms. The second-order valence-corrected chi connectivity index (χ2v) is 9.85. The van der Waals surface area contributed by atoms with Gasteiger partial charge in [-0.25, -0.2) is 9.78 Å². The first-order valence-electron chi connectivity index (χ1n) is 10.6. The van der Waals surface area contributed by atoms with Crippen molar-refractivity contribution < 1.29 is 9.59 Å². The van der Waals surface area contributed by atoms with Gasteiger partial charge < -0.3 is 15.5 Å². The van der Waals surface area contributed by atoms with Gasteiger partial charge in [0.15, 0.2) is 0 Å². The fourth-order valence-electron chi connectivity index (χ4n) is 3.52. The Labute approximate surface area is 196 Å². The minimum atomic E-state index is -0.0951. The van der Waals surface area contributed by atoms with Crippen LogP contribution in [0.5, 0.6) is 0 Å². The van der Waals surface area contributed by atoms with E-state index in [1.54, 1.807) is 28.0 Å². The number of urea groups is 1. The van der Waals surface area contributed by atoms with E-state index in [1.807, 2.05) is 61.5 Å². The molecule has 2 heterocycles. The number of benzene rings is 2. The van der Waals surface area contributed by atoms with Crippen LogP contribution in [0.2, 0.25) is 0 Å². The minimum Gasteiger partial charge on any atom is -0.349 e. The van der Waals surface area contributed by atoms with Crippen molar-refractivity contribution in [3.63, 3.8) is 0 Å². The molecule has 32 heavy (non-hydrogen) atoms. The standard InChI is InChI=1S/C24H26N4O2S2/c1-17-15-31-24(25-17)32-16-18-7-9-19(10-8-18)22(29)26-21-11-13-28(14-12-21)23(30)27-20-5-3-2-4-6-20/h2-10,15,21H,11-14,16H2,1H3,(H,26,29)(H,27,30). The van der Waals surface area contributed by atoms with Gasteiger partial charge in [-0.15, -0.1) is 11.3 Å². The van der Waals surface area contributed by atoms with Crippen molar-refractivity contribution >= 4 is 40.7 Å². The Bertz CT molecular complexity index is 1050. The molecule has 2 aromatic carbocycles. The van der Waals surface area contributed by atoms with E-state index in [-0.39, 0.29) is 18.0 Å². The Morgan fingerprint density at radius 1 is 1.09 bits per heavy atom. The predicted molar refractivity (Wildman–Crippen MR) is 130 cm³/mol. The number of piperidine rings is 1. The number of amides is 3. The summed E-state index contributed by atoms with van der Waals surface area (Å²) in [6.07, 6.45) is 1.49. The molecule has 0 radical (unpaired) electrons. The number of carbonyl (C=O) groups excluding carboxylic acids is 2. The van der Waals surface area contributed by atoms with Crippen molar-refractivity contribution in [1.82, 2.24) is 15.2 Å². The third-order valence-corrected chi connectivity index (χ3v) is 7.53. The van der Waals surface area contributed by atoms with Crippen LogP contribution in [0.25, 0.3) is 0 Å². The Balaban J connectivity index is 1.21. The highest BCUT2D eigenvalue weighted by Crippen LogP contribution is 2.26. The lowest BCUT2D eigenvalue weighted by Gasteiger charge is -2.32. The first-order chi connectivity index (χ1) is 15.6. The van der Waals surface area contributed by atoms with Gasteiger partial charge in [0.25, 0.3) is 5.91 Å². The molecule has 0 atom stereocenters. The zero-order chi connectivity index (χ0) is 22.3. The molecule has 0 unspecified atom stereocenters. The number of anilines is 1. The first kappa shape index (κ1) is 22.4. The fourth-order valence-corrected chi connectivity index (χ4v) is 5.32. The first-order valence-corrected chi connectivity index (χ1v) is 12.5. The summed E-state index contributed by atoms with van der Waals surface area (Å²) in [6, 6.07) is 17.2. The van der Waals surface area contributed by atoms with Crippen molar-refractivity contribution in [2.45, 2.75) is 35.9 Å². The molecule has 0 spiro atoms. The third-order valence-electron chi connectivity index (χ3n) is 5.32. The summed E-state index contributed by atoms with van der Waals surface area (Å²) in [6.45, 7) is 3.24. The lowest BCUT2D eigenvalue weighted by molar-refractivity contribution is 0.0919. The van der Waals surface area contributed by atoms with Gasteiger partial charge >= 0.3 is 6.03 Å². The normalized spacial score (nSPS) is 14.2. The number of aromatic nitrogens is 1. The summed E-state index contributed by atoms with van der Waals surface area (Å²) in [5.74, 6) is 0.769. The topological polar surface area (TPSA) is 74.3 Å². The molecule has 1 aromatic heterocycles. The Kier molecular flexibility index (Phi) is 7.44. The Morgan fingerprint density at radius 2 is 1.81 bits per heavy atom. The van der Waals surface area contributed by atoms with E-state index in [9.17, 15) is 9.59 Å². The van der Waals surface area contributed by atoms with Gasteiger partial charge in [0.05, 0.1) is 0 Å². The maximum absolute atomic E-state index is 12.6. The molecule has 3 amide bonds. The molecule has 6 nitrogen and oxygen atoms in total. The molecule has 2 N–H and O–H groups in total. The molecule has 1 saturated heterocycles. The van der Waals surface area contributed by atoms with E-state index in [2.05, 4.69) is 21.0 Å². The highest BCUT2D eigenvalue weighted by Gasteiger charge is 2.24. The summed E-state index contributed by atoms with van der Waals surface area (Å²) >= 11 is 3.37. The SMILES string of the molecule is Cc1csc(SCc2ccc(C(=O)NC3CCN(C(=O)Nc4ccccc4)CC3)cc2)n1. The number of thioether (sulfide) groups is 1. The number of rotatable bonds is 6. The summed E-state index contributed by atoms with van der Waals surface area (Å²) in [5.41, 5.74) is 3.66. The highest BCUT2D eigenvalue weighted by atomic mass is 32.2. The van der Waals surface area contributed by atoms with E-state index in [0.29, 0.717) is 18.7 Å². The number of nitrogens with one attached hydrogen (secondary N) is 2. The van der Waals surface area contributed by atoms with E-state index in [4.69, 9.17) is 0 Å². The van der Waals surface area contributed by atoms with Crippen molar-refractivity contribution in [2.24, 2.45) is 0 Å². The lowest BCUT2D eigenvalue weighted by Crippen LogP contribution is -2.47. The largest absolute Gasteiger partial charge is 0.349 e. The average Bonchev–Trinajstić information content (AvgIpc) is 3.24. The number of para-hydroxylation sites is 1.